The van der Waals surface area contributed by atoms with Crippen LogP contribution in [0.3, 0.4) is 0 Å². The van der Waals surface area contributed by atoms with Crippen molar-refractivity contribution in [1.82, 2.24) is 5.32 Å². The van der Waals surface area contributed by atoms with E-state index >= 15 is 0 Å². The molecule has 2 atom stereocenters. The lowest BCUT2D eigenvalue weighted by Gasteiger charge is -2.35. The van der Waals surface area contributed by atoms with Gasteiger partial charge in [0.05, 0.1) is 5.75 Å². The normalized spacial score (nSPS) is 32.9. The van der Waals surface area contributed by atoms with Gasteiger partial charge in [0.15, 0.2) is 0 Å². The van der Waals surface area contributed by atoms with E-state index in [2.05, 4.69) is 19.2 Å². The highest BCUT2D eigenvalue weighted by Gasteiger charge is 2.26. The van der Waals surface area contributed by atoms with E-state index in [4.69, 9.17) is 0 Å². The van der Waals surface area contributed by atoms with Crippen molar-refractivity contribution < 1.29 is 8.42 Å². The third-order valence-corrected chi connectivity index (χ3v) is 4.34. The maximum atomic E-state index is 11.0. The number of hydrogen-bond donors (Lipinski definition) is 1. The largest absolute Gasteiger partial charge is 0.312 e. The van der Waals surface area contributed by atoms with Crippen LogP contribution in [-0.4, -0.2) is 33.0 Å². The average molecular weight is 233 g/mol. The second-order valence-electron chi connectivity index (χ2n) is 5.00. The fourth-order valence-electron chi connectivity index (χ4n) is 2.50. The van der Waals surface area contributed by atoms with Gasteiger partial charge in [0.2, 0.25) is 0 Å². The van der Waals surface area contributed by atoms with Gasteiger partial charge in [-0.05, 0) is 24.7 Å². The number of hydrogen-bond acceptors (Lipinski definition) is 3. The van der Waals surface area contributed by atoms with Crippen LogP contribution in [0.4, 0.5) is 0 Å². The second-order valence-corrected chi connectivity index (χ2v) is 7.26. The van der Waals surface area contributed by atoms with Crippen LogP contribution in [0.1, 0.15) is 33.1 Å². The Labute approximate surface area is 93.6 Å². The molecule has 0 amide bonds. The molecular formula is C11H23NO2S. The standard InChI is InChI=1S/C11H23NO2S/c1-9-5-4-6-10(2)11(9)12-7-8-15(3,13)14/h9-12H,4-8H2,1-3H3. The Bertz CT molecular complexity index is 277. The maximum Gasteiger partial charge on any atom is 0.148 e. The molecule has 90 valence electrons. The molecule has 0 saturated heterocycles. The molecule has 0 aliphatic heterocycles. The zero-order valence-corrected chi connectivity index (χ0v) is 10.8. The van der Waals surface area contributed by atoms with E-state index in [1.54, 1.807) is 0 Å². The molecule has 0 aromatic carbocycles. The van der Waals surface area contributed by atoms with Crippen LogP contribution in [0.2, 0.25) is 0 Å². The highest BCUT2D eigenvalue weighted by Crippen LogP contribution is 2.28. The van der Waals surface area contributed by atoms with Crippen molar-refractivity contribution in [2.45, 2.75) is 39.2 Å². The van der Waals surface area contributed by atoms with Crippen LogP contribution >= 0.6 is 0 Å². The molecular weight excluding hydrogens is 210 g/mol. The summed E-state index contributed by atoms with van der Waals surface area (Å²) in [5.41, 5.74) is 0. The quantitative estimate of drug-likeness (QED) is 0.799. The van der Waals surface area contributed by atoms with Gasteiger partial charge >= 0.3 is 0 Å². The van der Waals surface area contributed by atoms with Gasteiger partial charge in [0.1, 0.15) is 9.84 Å². The van der Waals surface area contributed by atoms with E-state index in [-0.39, 0.29) is 5.75 Å². The van der Waals surface area contributed by atoms with Crippen LogP contribution in [-0.2, 0) is 9.84 Å². The summed E-state index contributed by atoms with van der Waals surface area (Å²) in [5.74, 6) is 1.60. The first-order valence-corrected chi connectivity index (χ1v) is 7.87. The molecule has 1 aliphatic carbocycles. The number of nitrogens with one attached hydrogen (secondary N) is 1. The van der Waals surface area contributed by atoms with Crippen LogP contribution in [0.25, 0.3) is 0 Å². The summed E-state index contributed by atoms with van der Waals surface area (Å²) < 4.78 is 22.0. The lowest BCUT2D eigenvalue weighted by atomic mass is 9.79. The Morgan fingerprint density at radius 3 is 2.20 bits per heavy atom. The zero-order chi connectivity index (χ0) is 11.5. The third kappa shape index (κ3) is 4.51. The van der Waals surface area contributed by atoms with Gasteiger partial charge in [-0.25, -0.2) is 8.42 Å². The topological polar surface area (TPSA) is 46.2 Å². The first kappa shape index (κ1) is 13.0. The number of rotatable bonds is 4. The molecule has 1 saturated carbocycles. The minimum Gasteiger partial charge on any atom is -0.312 e. The summed E-state index contributed by atoms with van der Waals surface area (Å²) in [6.07, 6.45) is 5.14. The molecule has 1 aliphatic rings. The molecule has 1 N–H and O–H groups in total. The summed E-state index contributed by atoms with van der Waals surface area (Å²) in [6.45, 7) is 5.11. The van der Waals surface area contributed by atoms with Crippen molar-refractivity contribution in [3.05, 3.63) is 0 Å². The molecule has 15 heavy (non-hydrogen) atoms. The van der Waals surface area contributed by atoms with E-state index in [0.717, 1.165) is 0 Å². The van der Waals surface area contributed by atoms with Crippen LogP contribution < -0.4 is 5.32 Å². The summed E-state index contributed by atoms with van der Waals surface area (Å²) in [4.78, 5) is 0. The summed E-state index contributed by atoms with van der Waals surface area (Å²) in [6, 6.07) is 0.500. The average Bonchev–Trinajstić information content (AvgIpc) is 2.08. The molecule has 1 rings (SSSR count). The summed E-state index contributed by atoms with van der Waals surface area (Å²) in [5, 5.41) is 3.40. The summed E-state index contributed by atoms with van der Waals surface area (Å²) in [7, 11) is -2.82. The van der Waals surface area contributed by atoms with E-state index in [1.165, 1.54) is 25.5 Å². The Hall–Kier alpha value is -0.0900. The van der Waals surface area contributed by atoms with E-state index in [0.29, 0.717) is 24.4 Å². The maximum absolute atomic E-state index is 11.0. The predicted octanol–water partition coefficient (Wildman–Crippen LogP) is 1.45. The number of sulfone groups is 1. The Morgan fingerprint density at radius 1 is 1.20 bits per heavy atom. The Kier molecular flexibility index (Phi) is 4.59. The minimum absolute atomic E-state index is 0.253. The van der Waals surface area contributed by atoms with Crippen molar-refractivity contribution in [3.63, 3.8) is 0 Å². The molecule has 4 heteroatoms. The summed E-state index contributed by atoms with van der Waals surface area (Å²) >= 11 is 0. The molecule has 0 bridgehead atoms. The van der Waals surface area contributed by atoms with Crippen LogP contribution in [0, 0.1) is 11.8 Å². The van der Waals surface area contributed by atoms with Crippen molar-refractivity contribution in [3.8, 4) is 0 Å². The van der Waals surface area contributed by atoms with E-state index in [1.807, 2.05) is 0 Å². The molecule has 0 aromatic rings. The fourth-order valence-corrected chi connectivity index (χ4v) is 2.98. The molecule has 0 spiro atoms. The van der Waals surface area contributed by atoms with Crippen molar-refractivity contribution in [2.75, 3.05) is 18.6 Å². The van der Waals surface area contributed by atoms with Gasteiger partial charge in [-0.1, -0.05) is 20.3 Å². The first-order valence-electron chi connectivity index (χ1n) is 5.81. The van der Waals surface area contributed by atoms with Gasteiger partial charge in [0, 0.05) is 18.8 Å². The van der Waals surface area contributed by atoms with Gasteiger partial charge in [-0.15, -0.1) is 0 Å². The van der Waals surface area contributed by atoms with Gasteiger partial charge < -0.3 is 5.32 Å². The molecule has 3 nitrogen and oxygen atoms in total. The van der Waals surface area contributed by atoms with E-state index in [9.17, 15) is 8.42 Å². The lowest BCUT2D eigenvalue weighted by molar-refractivity contribution is 0.212. The van der Waals surface area contributed by atoms with Crippen molar-refractivity contribution in [1.29, 1.82) is 0 Å². The molecule has 1 fully saturated rings. The minimum atomic E-state index is -2.82. The predicted molar refractivity (Wildman–Crippen MR) is 63.7 cm³/mol. The fraction of sp³-hybridized carbons (Fsp3) is 1.00. The highest BCUT2D eigenvalue weighted by molar-refractivity contribution is 7.90. The van der Waals surface area contributed by atoms with Crippen molar-refractivity contribution >= 4 is 9.84 Å². The van der Waals surface area contributed by atoms with Gasteiger partial charge in [-0.2, -0.15) is 0 Å². The second kappa shape index (κ2) is 5.30. The monoisotopic (exact) mass is 233 g/mol. The molecule has 0 heterocycles. The lowest BCUT2D eigenvalue weighted by Crippen LogP contribution is -2.44. The van der Waals surface area contributed by atoms with E-state index < -0.39 is 9.84 Å². The zero-order valence-electron chi connectivity index (χ0n) is 9.99. The molecule has 2 unspecified atom stereocenters. The first-order chi connectivity index (χ1) is 6.90. The van der Waals surface area contributed by atoms with Crippen molar-refractivity contribution in [2.24, 2.45) is 11.8 Å². The molecule has 0 radical (unpaired) electrons. The van der Waals surface area contributed by atoms with Gasteiger partial charge in [-0.3, -0.25) is 0 Å². The van der Waals surface area contributed by atoms with Crippen LogP contribution in [0.15, 0.2) is 0 Å². The smallest absolute Gasteiger partial charge is 0.148 e. The Morgan fingerprint density at radius 2 is 1.73 bits per heavy atom. The molecule has 0 aromatic heterocycles. The Balaban J connectivity index is 2.36. The third-order valence-electron chi connectivity index (χ3n) is 3.40. The van der Waals surface area contributed by atoms with Gasteiger partial charge in [0.25, 0.3) is 0 Å². The highest BCUT2D eigenvalue weighted by atomic mass is 32.2. The SMILES string of the molecule is CC1CCCC(C)C1NCCS(C)(=O)=O. The van der Waals surface area contributed by atoms with Crippen LogP contribution in [0.5, 0.6) is 0 Å².